The first-order chi connectivity index (χ1) is 12.9. The molecule has 2 rings (SSSR count). The summed E-state index contributed by atoms with van der Waals surface area (Å²) in [5.74, 6) is -0.615. The maximum absolute atomic E-state index is 13.2. The van der Waals surface area contributed by atoms with E-state index in [-0.39, 0.29) is 22.0 Å². The van der Waals surface area contributed by atoms with E-state index in [1.807, 2.05) is 13.8 Å². The zero-order valence-corrected chi connectivity index (χ0v) is 16.7. The number of carbonyl (C=O) groups is 2. The second kappa shape index (κ2) is 9.09. The molecule has 0 spiro atoms. The fourth-order valence-electron chi connectivity index (χ4n) is 3.18. The van der Waals surface area contributed by atoms with Gasteiger partial charge in [-0.15, -0.1) is 0 Å². The highest BCUT2D eigenvalue weighted by Gasteiger charge is 2.35. The van der Waals surface area contributed by atoms with E-state index in [0.29, 0.717) is 18.4 Å². The lowest BCUT2D eigenvalue weighted by molar-refractivity contribution is -0.115. The third kappa shape index (κ3) is 4.92. The monoisotopic (exact) mass is 386 g/mol. The molecule has 0 saturated carbocycles. The van der Waals surface area contributed by atoms with Crippen molar-refractivity contribution in [3.8, 4) is 0 Å². The normalized spacial score (nSPS) is 13.7. The number of benzene rings is 2. The molecule has 27 heavy (non-hydrogen) atoms. The van der Waals surface area contributed by atoms with Crippen LogP contribution in [-0.2, 0) is 14.6 Å². The third-order valence-corrected chi connectivity index (χ3v) is 6.94. The number of carbonyl (C=O) groups excluding carboxylic acids is 2. The van der Waals surface area contributed by atoms with Crippen LogP contribution in [0.25, 0.3) is 0 Å². The summed E-state index contributed by atoms with van der Waals surface area (Å²) in [6, 6.07) is 14.8. The fraction of sp³-hybridized carbons (Fsp3) is 0.364. The van der Waals surface area contributed by atoms with Crippen molar-refractivity contribution in [1.29, 1.82) is 0 Å². The van der Waals surface area contributed by atoms with Crippen LogP contribution >= 0.6 is 0 Å². The molecule has 2 aromatic carbocycles. The van der Waals surface area contributed by atoms with Gasteiger partial charge in [0.1, 0.15) is 6.29 Å². The minimum absolute atomic E-state index is 0.00461. The van der Waals surface area contributed by atoms with Crippen LogP contribution in [0.15, 0.2) is 59.5 Å². The Morgan fingerprint density at radius 3 is 2.22 bits per heavy atom. The number of hydrogen-bond donors (Lipinski definition) is 0. The second-order valence-electron chi connectivity index (χ2n) is 6.89. The first kappa shape index (κ1) is 21.0. The lowest BCUT2D eigenvalue weighted by Crippen LogP contribution is -2.32. The molecule has 4 nitrogen and oxygen atoms in total. The van der Waals surface area contributed by atoms with Crippen molar-refractivity contribution in [2.45, 2.75) is 44.4 Å². The molecule has 144 valence electrons. The lowest BCUT2D eigenvalue weighted by atomic mass is 9.84. The smallest absolute Gasteiger partial charge is 0.194 e. The molecule has 0 saturated heterocycles. The van der Waals surface area contributed by atoms with Gasteiger partial charge in [0.05, 0.1) is 10.6 Å². The van der Waals surface area contributed by atoms with Crippen LogP contribution in [0.5, 0.6) is 0 Å². The predicted molar refractivity (Wildman–Crippen MR) is 107 cm³/mol. The maximum atomic E-state index is 13.2. The molecule has 0 N–H and O–H groups in total. The quantitative estimate of drug-likeness (QED) is 0.446. The summed E-state index contributed by atoms with van der Waals surface area (Å²) in [5.41, 5.74) is -0.337. The molecule has 0 aliphatic rings. The number of sulfone groups is 1. The van der Waals surface area contributed by atoms with E-state index >= 15 is 0 Å². The summed E-state index contributed by atoms with van der Waals surface area (Å²) >= 11 is 0. The summed E-state index contributed by atoms with van der Waals surface area (Å²) in [4.78, 5) is 24.6. The van der Waals surface area contributed by atoms with Crippen molar-refractivity contribution in [3.63, 3.8) is 0 Å². The van der Waals surface area contributed by atoms with Gasteiger partial charge in [0.2, 0.25) is 0 Å². The Hall–Kier alpha value is -2.27. The summed E-state index contributed by atoms with van der Waals surface area (Å²) in [5, 5.41) is 0. The Balaban J connectivity index is 2.45. The molecule has 5 heteroatoms. The fourth-order valence-corrected chi connectivity index (χ4v) is 5.29. The van der Waals surface area contributed by atoms with Gasteiger partial charge in [0.15, 0.2) is 15.6 Å². The number of rotatable bonds is 10. The Kier molecular flexibility index (Phi) is 7.08. The van der Waals surface area contributed by atoms with Crippen LogP contribution in [0.2, 0.25) is 0 Å². The van der Waals surface area contributed by atoms with Gasteiger partial charge in [0, 0.05) is 16.5 Å². The molecule has 0 aliphatic carbocycles. The van der Waals surface area contributed by atoms with Crippen molar-refractivity contribution in [3.05, 3.63) is 65.7 Å². The van der Waals surface area contributed by atoms with E-state index in [1.54, 1.807) is 42.5 Å². The van der Waals surface area contributed by atoms with Crippen LogP contribution in [0.1, 0.15) is 55.5 Å². The van der Waals surface area contributed by atoms with E-state index < -0.39 is 15.3 Å². The second-order valence-corrected chi connectivity index (χ2v) is 8.85. The largest absolute Gasteiger partial charge is 0.303 e. The van der Waals surface area contributed by atoms with Gasteiger partial charge in [-0.3, -0.25) is 4.79 Å². The van der Waals surface area contributed by atoms with E-state index in [9.17, 15) is 18.0 Å². The number of unbranched alkanes of at least 4 members (excludes halogenated alkanes) is 1. The molecule has 0 bridgehead atoms. The van der Waals surface area contributed by atoms with Crippen LogP contribution in [-0.4, -0.2) is 26.2 Å². The minimum atomic E-state index is -3.81. The zero-order valence-electron chi connectivity index (χ0n) is 15.9. The van der Waals surface area contributed by atoms with E-state index in [0.717, 1.165) is 19.1 Å². The summed E-state index contributed by atoms with van der Waals surface area (Å²) in [6.07, 6.45) is 3.43. The van der Waals surface area contributed by atoms with Crippen molar-refractivity contribution >= 4 is 21.9 Å². The van der Waals surface area contributed by atoms with Gasteiger partial charge in [0.25, 0.3) is 0 Å². The Bertz CT molecular complexity index is 888. The molecule has 2 aromatic rings. The molecule has 0 radical (unpaired) electrons. The van der Waals surface area contributed by atoms with E-state index in [4.69, 9.17) is 0 Å². The topological polar surface area (TPSA) is 68.3 Å². The van der Waals surface area contributed by atoms with Gasteiger partial charge >= 0.3 is 0 Å². The Morgan fingerprint density at radius 2 is 1.63 bits per heavy atom. The molecule has 0 amide bonds. The van der Waals surface area contributed by atoms with Gasteiger partial charge in [-0.2, -0.15) is 0 Å². The van der Waals surface area contributed by atoms with Crippen LogP contribution in [0.4, 0.5) is 0 Å². The first-order valence-corrected chi connectivity index (χ1v) is 10.9. The molecular weight excluding hydrogens is 360 g/mol. The van der Waals surface area contributed by atoms with Crippen molar-refractivity contribution in [2.75, 3.05) is 5.75 Å². The molecule has 0 fully saturated rings. The Morgan fingerprint density at radius 1 is 1.00 bits per heavy atom. The summed E-state index contributed by atoms with van der Waals surface area (Å²) < 4.78 is 26.3. The molecule has 0 aliphatic heterocycles. The summed E-state index contributed by atoms with van der Waals surface area (Å²) in [7, 11) is -3.81. The third-order valence-electron chi connectivity index (χ3n) is 4.96. The number of aldehydes is 1. The van der Waals surface area contributed by atoms with Crippen LogP contribution in [0, 0.1) is 5.41 Å². The van der Waals surface area contributed by atoms with Crippen molar-refractivity contribution in [2.24, 2.45) is 5.41 Å². The van der Waals surface area contributed by atoms with E-state index in [1.165, 1.54) is 12.1 Å². The van der Waals surface area contributed by atoms with Gasteiger partial charge in [-0.1, -0.05) is 69.2 Å². The first-order valence-electron chi connectivity index (χ1n) is 9.27. The SMILES string of the molecule is CCCC[C@](C=O)(CC)CS(=O)(=O)c1ccccc1C(=O)c1ccccc1. The molecule has 1 atom stereocenters. The predicted octanol–water partition coefficient (Wildman–Crippen LogP) is 4.48. The van der Waals surface area contributed by atoms with Crippen molar-refractivity contribution < 1.29 is 18.0 Å². The Labute approximate surface area is 161 Å². The van der Waals surface area contributed by atoms with Crippen LogP contribution in [0.3, 0.4) is 0 Å². The lowest BCUT2D eigenvalue weighted by Gasteiger charge is -2.26. The summed E-state index contributed by atoms with van der Waals surface area (Å²) in [6.45, 7) is 3.84. The molecule has 0 unspecified atom stereocenters. The van der Waals surface area contributed by atoms with Gasteiger partial charge in [-0.05, 0) is 25.0 Å². The maximum Gasteiger partial charge on any atom is 0.194 e. The minimum Gasteiger partial charge on any atom is -0.303 e. The molecule has 0 aromatic heterocycles. The standard InChI is InChI=1S/C22H26O4S/c1-3-5-15-22(4-2,16-23)17-27(25,26)20-14-10-9-13-19(20)21(24)18-11-7-6-8-12-18/h6-14,16H,3-5,15,17H2,1-2H3/t22-/m0/s1. The average molecular weight is 387 g/mol. The van der Waals surface area contributed by atoms with Gasteiger partial charge < -0.3 is 4.79 Å². The molecular formula is C22H26O4S. The van der Waals surface area contributed by atoms with Gasteiger partial charge in [-0.25, -0.2) is 8.42 Å². The highest BCUT2D eigenvalue weighted by atomic mass is 32.2. The highest BCUT2D eigenvalue weighted by Crippen LogP contribution is 2.32. The highest BCUT2D eigenvalue weighted by molar-refractivity contribution is 7.91. The number of ketones is 1. The molecule has 0 heterocycles. The van der Waals surface area contributed by atoms with Crippen LogP contribution < -0.4 is 0 Å². The average Bonchev–Trinajstić information content (AvgIpc) is 2.71. The van der Waals surface area contributed by atoms with E-state index in [2.05, 4.69) is 0 Å². The zero-order chi connectivity index (χ0) is 19.9. The van der Waals surface area contributed by atoms with Crippen molar-refractivity contribution in [1.82, 2.24) is 0 Å². The number of hydrogen-bond acceptors (Lipinski definition) is 4.